The summed E-state index contributed by atoms with van der Waals surface area (Å²) in [5.41, 5.74) is 2.32. The van der Waals surface area contributed by atoms with E-state index in [0.29, 0.717) is 39.6 Å². The summed E-state index contributed by atoms with van der Waals surface area (Å²) in [5, 5.41) is 0. The molecule has 4 aliphatic carbocycles. The van der Waals surface area contributed by atoms with Crippen LogP contribution in [0.15, 0.2) is 0 Å². The van der Waals surface area contributed by atoms with E-state index < -0.39 is 0 Å². The zero-order valence-corrected chi connectivity index (χ0v) is 22.4. The van der Waals surface area contributed by atoms with Crippen molar-refractivity contribution in [3.63, 3.8) is 0 Å². The van der Waals surface area contributed by atoms with Crippen LogP contribution in [0.3, 0.4) is 0 Å². The third kappa shape index (κ3) is 2.79. The molecule has 0 radical (unpaired) electrons. The maximum Gasteiger partial charge on any atom is 0.309 e. The number of carbonyl (C=O) groups is 1. The van der Waals surface area contributed by atoms with Gasteiger partial charge >= 0.3 is 5.97 Å². The molecule has 0 aromatic carbocycles. The lowest BCUT2D eigenvalue weighted by Crippen LogP contribution is -2.67. The Morgan fingerprint density at radius 2 is 1.31 bits per heavy atom. The van der Waals surface area contributed by atoms with Crippen LogP contribution >= 0.6 is 0 Å². The number of esters is 1. The Hall–Kier alpha value is -0.530. The summed E-state index contributed by atoms with van der Waals surface area (Å²) < 4.78 is 5.72. The predicted octanol–water partition coefficient (Wildman–Crippen LogP) is 8.04. The van der Waals surface area contributed by atoms with Gasteiger partial charge in [0.1, 0.15) is 0 Å². The number of rotatable bonds is 0. The maximum absolute atomic E-state index is 12.7. The second kappa shape index (κ2) is 6.78. The van der Waals surface area contributed by atoms with Gasteiger partial charge in [0.2, 0.25) is 0 Å². The topological polar surface area (TPSA) is 26.3 Å². The second-order valence-corrected chi connectivity index (χ2v) is 15.2. The molecule has 0 spiro atoms. The molecule has 4 saturated carbocycles. The van der Waals surface area contributed by atoms with Gasteiger partial charge in [0.05, 0.1) is 12.5 Å². The van der Waals surface area contributed by atoms with E-state index in [9.17, 15) is 4.79 Å². The quantitative estimate of drug-likeness (QED) is 0.355. The Labute approximate surface area is 198 Å². The molecule has 0 aromatic rings. The fourth-order valence-corrected chi connectivity index (χ4v) is 11.0. The van der Waals surface area contributed by atoms with Crippen molar-refractivity contribution >= 4 is 5.97 Å². The molecule has 9 atom stereocenters. The Morgan fingerprint density at radius 3 is 2.03 bits per heavy atom. The molecule has 0 amide bonds. The lowest BCUT2D eigenvalue weighted by Gasteiger charge is -2.74. The van der Waals surface area contributed by atoms with Crippen molar-refractivity contribution in [1.82, 2.24) is 0 Å². The van der Waals surface area contributed by atoms with Gasteiger partial charge in [0, 0.05) is 0 Å². The van der Waals surface area contributed by atoms with Crippen LogP contribution in [0.2, 0.25) is 0 Å². The molecule has 2 nitrogen and oxygen atoms in total. The molecule has 1 heterocycles. The predicted molar refractivity (Wildman–Crippen MR) is 131 cm³/mol. The normalized spacial score (nSPS) is 57.2. The van der Waals surface area contributed by atoms with Crippen LogP contribution in [0.25, 0.3) is 0 Å². The summed E-state index contributed by atoms with van der Waals surface area (Å²) in [6, 6.07) is 0. The molecule has 1 aliphatic heterocycles. The van der Waals surface area contributed by atoms with Crippen molar-refractivity contribution in [2.24, 2.45) is 56.2 Å². The molecule has 0 bridgehead atoms. The summed E-state index contributed by atoms with van der Waals surface area (Å²) >= 11 is 0. The van der Waals surface area contributed by atoms with Gasteiger partial charge in [-0.05, 0) is 114 Å². The highest BCUT2D eigenvalue weighted by molar-refractivity contribution is 5.73. The number of carbonyl (C=O) groups excluding carboxylic acids is 1. The smallest absolute Gasteiger partial charge is 0.309 e. The van der Waals surface area contributed by atoms with Gasteiger partial charge in [0.25, 0.3) is 0 Å². The minimum atomic E-state index is 0.0303. The first-order valence-corrected chi connectivity index (χ1v) is 13.9. The Kier molecular flexibility index (Phi) is 4.92. The standard InChI is InChI=1S/C30H50O2/c1-20-24(31)32-18-10-21-27(20,5)11-9-22-28(21,6)15-17-30(8)23-19-25(2,3)12-13-26(23,4)14-16-29(22,30)7/h20-23H,9-19H2,1-8H3. The highest BCUT2D eigenvalue weighted by atomic mass is 16.5. The maximum atomic E-state index is 12.7. The molecule has 182 valence electrons. The fourth-order valence-electron chi connectivity index (χ4n) is 11.0. The van der Waals surface area contributed by atoms with Crippen LogP contribution in [-0.2, 0) is 9.53 Å². The van der Waals surface area contributed by atoms with E-state index in [1.54, 1.807) is 0 Å². The average molecular weight is 443 g/mol. The molecule has 2 heteroatoms. The van der Waals surface area contributed by atoms with Crippen molar-refractivity contribution in [1.29, 1.82) is 0 Å². The largest absolute Gasteiger partial charge is 0.465 e. The summed E-state index contributed by atoms with van der Waals surface area (Å²) in [5.74, 6) is 2.33. The van der Waals surface area contributed by atoms with Gasteiger partial charge in [-0.25, -0.2) is 0 Å². The summed E-state index contributed by atoms with van der Waals surface area (Å²) in [6.45, 7) is 21.0. The number of cyclic esters (lactones) is 1. The molecule has 0 N–H and O–H groups in total. The zero-order valence-electron chi connectivity index (χ0n) is 22.4. The van der Waals surface area contributed by atoms with E-state index in [-0.39, 0.29) is 17.3 Å². The van der Waals surface area contributed by atoms with Gasteiger partial charge in [-0.2, -0.15) is 0 Å². The first kappa shape index (κ1) is 23.2. The zero-order chi connectivity index (χ0) is 23.4. The van der Waals surface area contributed by atoms with E-state index in [0.717, 1.165) is 18.3 Å². The number of hydrogen-bond acceptors (Lipinski definition) is 2. The number of ether oxygens (including phenoxy) is 1. The van der Waals surface area contributed by atoms with Crippen LogP contribution in [0, 0.1) is 56.2 Å². The second-order valence-electron chi connectivity index (χ2n) is 15.2. The summed E-state index contributed by atoms with van der Waals surface area (Å²) in [4.78, 5) is 12.7. The Balaban J connectivity index is 1.55. The van der Waals surface area contributed by atoms with Gasteiger partial charge in [-0.15, -0.1) is 0 Å². The van der Waals surface area contributed by atoms with Gasteiger partial charge in [-0.1, -0.05) is 55.4 Å². The lowest BCUT2D eigenvalue weighted by molar-refractivity contribution is -0.253. The van der Waals surface area contributed by atoms with Crippen molar-refractivity contribution in [3.8, 4) is 0 Å². The SMILES string of the molecule is CC1C(=O)OCCC2C1(C)CCC1C2(C)CCC2(C)C3CC(C)(C)CCC3(C)CCC12C. The monoisotopic (exact) mass is 442 g/mol. The van der Waals surface area contributed by atoms with E-state index in [4.69, 9.17) is 4.74 Å². The van der Waals surface area contributed by atoms with Crippen LogP contribution in [0.4, 0.5) is 0 Å². The van der Waals surface area contributed by atoms with Gasteiger partial charge in [-0.3, -0.25) is 4.79 Å². The van der Waals surface area contributed by atoms with Crippen LogP contribution in [-0.4, -0.2) is 12.6 Å². The van der Waals surface area contributed by atoms with Crippen molar-refractivity contribution in [2.75, 3.05) is 6.61 Å². The summed E-state index contributed by atoms with van der Waals surface area (Å²) in [6.07, 6.45) is 13.4. The number of hydrogen-bond donors (Lipinski definition) is 0. The molecule has 9 unspecified atom stereocenters. The van der Waals surface area contributed by atoms with Crippen LogP contribution in [0.1, 0.15) is 120 Å². The van der Waals surface area contributed by atoms with E-state index in [1.165, 1.54) is 57.8 Å². The van der Waals surface area contributed by atoms with Crippen LogP contribution in [0.5, 0.6) is 0 Å². The molecule has 5 aliphatic rings. The molecule has 5 fully saturated rings. The molecule has 1 saturated heterocycles. The third-order valence-corrected chi connectivity index (χ3v) is 13.6. The minimum Gasteiger partial charge on any atom is -0.465 e. The van der Waals surface area contributed by atoms with Gasteiger partial charge < -0.3 is 4.74 Å². The lowest BCUT2D eigenvalue weighted by atomic mass is 9.30. The first-order chi connectivity index (χ1) is 14.7. The molecule has 5 rings (SSSR count). The number of fused-ring (bicyclic) bond motifs is 7. The van der Waals surface area contributed by atoms with E-state index in [2.05, 4.69) is 55.4 Å². The highest BCUT2D eigenvalue weighted by Crippen LogP contribution is 2.78. The Bertz CT molecular complexity index is 801. The third-order valence-electron chi connectivity index (χ3n) is 13.6. The van der Waals surface area contributed by atoms with E-state index >= 15 is 0 Å². The molecule has 0 aromatic heterocycles. The van der Waals surface area contributed by atoms with Crippen molar-refractivity contribution in [2.45, 2.75) is 120 Å². The average Bonchev–Trinajstić information content (AvgIpc) is 2.83. The van der Waals surface area contributed by atoms with Crippen LogP contribution < -0.4 is 0 Å². The highest BCUT2D eigenvalue weighted by Gasteiger charge is 2.70. The molecule has 32 heavy (non-hydrogen) atoms. The first-order valence-electron chi connectivity index (χ1n) is 13.9. The Morgan fingerprint density at radius 1 is 0.688 bits per heavy atom. The van der Waals surface area contributed by atoms with Gasteiger partial charge in [0.15, 0.2) is 0 Å². The van der Waals surface area contributed by atoms with E-state index in [1.807, 2.05) is 0 Å². The minimum absolute atomic E-state index is 0.0303. The fraction of sp³-hybridized carbons (Fsp3) is 0.967. The van der Waals surface area contributed by atoms with Crippen molar-refractivity contribution < 1.29 is 9.53 Å². The summed E-state index contributed by atoms with van der Waals surface area (Å²) in [7, 11) is 0. The molecular weight excluding hydrogens is 392 g/mol. The molecular formula is C30H50O2. The van der Waals surface area contributed by atoms with Crippen molar-refractivity contribution in [3.05, 3.63) is 0 Å².